The van der Waals surface area contributed by atoms with E-state index in [1.54, 1.807) is 45.9 Å². The molecule has 0 aliphatic carbocycles. The van der Waals surface area contributed by atoms with Crippen molar-refractivity contribution < 1.29 is 51.3 Å². The van der Waals surface area contributed by atoms with Crippen molar-refractivity contribution in [2.75, 3.05) is 20.7 Å². The van der Waals surface area contributed by atoms with E-state index in [1.165, 1.54) is 24.3 Å². The Kier molecular flexibility index (Phi) is 14.5. The summed E-state index contributed by atoms with van der Waals surface area (Å²) in [6.07, 6.45) is -4.01. The number of nitrogens with one attached hydrogen (secondary N) is 1. The maximum Gasteiger partial charge on any atom is 0.416 e. The monoisotopic (exact) mass is 844 g/mol. The van der Waals surface area contributed by atoms with Gasteiger partial charge in [-0.2, -0.15) is 13.2 Å². The van der Waals surface area contributed by atoms with Crippen molar-refractivity contribution in [3.63, 3.8) is 0 Å². The third kappa shape index (κ3) is 10.4. The van der Waals surface area contributed by atoms with Crippen molar-refractivity contribution >= 4 is 35.0 Å². The Morgan fingerprint density at radius 2 is 1.69 bits per heavy atom. The number of alkyl halides is 3. The molecule has 0 saturated carbocycles. The van der Waals surface area contributed by atoms with E-state index in [-0.39, 0.29) is 49.3 Å². The number of carbonyl (C=O) groups excluding carboxylic acids is 4. The zero-order valence-corrected chi connectivity index (χ0v) is 36.6. The predicted octanol–water partition coefficient (Wildman–Crippen LogP) is 8.34. The highest BCUT2D eigenvalue weighted by atomic mass is 32.1. The summed E-state index contributed by atoms with van der Waals surface area (Å²) in [6.45, 7) is 14.1. The lowest BCUT2D eigenvalue weighted by molar-refractivity contribution is -0.173. The van der Waals surface area contributed by atoms with Gasteiger partial charge in [-0.15, -0.1) is 11.3 Å². The number of hydrogen-bond acceptors (Lipinski definition) is 10. The minimum atomic E-state index is -4.47. The number of thiophene rings is 1. The largest absolute Gasteiger partial charge is 0.458 e. The fourth-order valence-corrected chi connectivity index (χ4v) is 10.3. The van der Waals surface area contributed by atoms with E-state index < -0.39 is 76.7 Å². The van der Waals surface area contributed by atoms with Crippen LogP contribution < -0.4 is 5.32 Å². The maximum absolute atomic E-state index is 14.5. The molecule has 3 aliphatic heterocycles. The van der Waals surface area contributed by atoms with Crippen LogP contribution in [0.3, 0.4) is 0 Å². The number of amides is 1. The van der Waals surface area contributed by atoms with Gasteiger partial charge in [-0.3, -0.25) is 14.4 Å². The lowest BCUT2D eigenvalue weighted by Crippen LogP contribution is -2.57. The molecule has 2 aromatic rings. The van der Waals surface area contributed by atoms with Crippen LogP contribution in [-0.2, 0) is 39.5 Å². The summed E-state index contributed by atoms with van der Waals surface area (Å²) in [7, 11) is 4.06. The Morgan fingerprint density at radius 3 is 2.36 bits per heavy atom. The number of hydrogen-bond donors (Lipinski definition) is 1. The number of ketones is 2. The van der Waals surface area contributed by atoms with Gasteiger partial charge in [-0.1, -0.05) is 51.7 Å². The van der Waals surface area contributed by atoms with Gasteiger partial charge >= 0.3 is 18.2 Å². The molecule has 324 valence electrons. The Bertz CT molecular complexity index is 1920. The highest BCUT2D eigenvalue weighted by Crippen LogP contribution is 2.44. The predicted molar refractivity (Wildman–Crippen MR) is 218 cm³/mol. The van der Waals surface area contributed by atoms with E-state index in [0.717, 1.165) is 18.6 Å². The highest BCUT2D eigenvalue weighted by Gasteiger charge is 2.57. The molecule has 0 bridgehead atoms. The standard InChI is InChI=1S/C45H59F3N2O8S/c1-11-37-44(8)40(49-42(54)58-44)28(5)38(51)25(2)24-43(7,55-19-13-16-34-17-18-36(59-34)30-14-12-15-31(21-30)45(46,47)48)35(27(4)39(52)29(6)41(53)57-37)23-33-22-32(50(9)10)20-26(3)56-33/h12,14-15,17-18,21,25-29,32-33,35,37,40H,11,19-20,22-24H2,1-10H3,(H,49,54)/t25-,26-,27-,28+,29-,32+,33?,35-,37-,40?,43+,44-/m1/s1. The number of benzene rings is 1. The van der Waals surface area contributed by atoms with Crippen LogP contribution in [0.2, 0.25) is 0 Å². The molecule has 3 aliphatic rings. The first-order valence-electron chi connectivity index (χ1n) is 20.6. The summed E-state index contributed by atoms with van der Waals surface area (Å²) in [5.74, 6) is 1.08. The van der Waals surface area contributed by atoms with Crippen LogP contribution >= 0.6 is 11.3 Å². The fraction of sp³-hybridized carbons (Fsp3) is 0.644. The van der Waals surface area contributed by atoms with Crippen LogP contribution in [0.15, 0.2) is 36.4 Å². The summed E-state index contributed by atoms with van der Waals surface area (Å²) in [5.41, 5.74) is -2.85. The zero-order valence-electron chi connectivity index (χ0n) is 35.7. The molecule has 1 amide bonds. The van der Waals surface area contributed by atoms with Crippen LogP contribution in [0, 0.1) is 41.4 Å². The Morgan fingerprint density at radius 1 is 0.983 bits per heavy atom. The smallest absolute Gasteiger partial charge is 0.416 e. The van der Waals surface area contributed by atoms with Crippen molar-refractivity contribution in [2.24, 2.45) is 29.6 Å². The lowest BCUT2D eigenvalue weighted by Gasteiger charge is -2.46. The summed E-state index contributed by atoms with van der Waals surface area (Å²) < 4.78 is 65.3. The van der Waals surface area contributed by atoms with Gasteiger partial charge in [-0.05, 0) is 110 Å². The third-order valence-electron chi connectivity index (χ3n) is 12.8. The molecule has 4 heterocycles. The summed E-state index contributed by atoms with van der Waals surface area (Å²) in [5, 5.41) is 2.80. The van der Waals surface area contributed by atoms with E-state index in [4.69, 9.17) is 18.9 Å². The molecular weight excluding hydrogens is 786 g/mol. The van der Waals surface area contributed by atoms with E-state index >= 15 is 0 Å². The molecule has 3 fully saturated rings. The van der Waals surface area contributed by atoms with Crippen LogP contribution in [0.5, 0.6) is 0 Å². The number of ether oxygens (including phenoxy) is 4. The molecular formula is C45H59F3N2O8S. The first-order chi connectivity index (χ1) is 27.6. The first kappa shape index (κ1) is 46.3. The third-order valence-corrected chi connectivity index (χ3v) is 13.9. The second-order valence-corrected chi connectivity index (χ2v) is 18.5. The number of esters is 1. The molecule has 2 unspecified atom stereocenters. The average Bonchev–Trinajstić information content (AvgIpc) is 3.78. The van der Waals surface area contributed by atoms with E-state index in [2.05, 4.69) is 22.1 Å². The van der Waals surface area contributed by atoms with Crippen molar-refractivity contribution in [3.05, 3.63) is 46.8 Å². The molecule has 1 N–H and O–H groups in total. The number of carbonyl (C=O) groups is 4. The molecule has 5 rings (SSSR count). The topological polar surface area (TPSA) is 120 Å². The summed E-state index contributed by atoms with van der Waals surface area (Å²) >= 11 is 1.26. The van der Waals surface area contributed by atoms with Crippen LogP contribution in [0.25, 0.3) is 10.4 Å². The van der Waals surface area contributed by atoms with Gasteiger partial charge < -0.3 is 29.2 Å². The second kappa shape index (κ2) is 18.5. The summed E-state index contributed by atoms with van der Waals surface area (Å²) in [6, 6.07) is 8.02. The number of rotatable bonds is 7. The molecule has 1 aromatic heterocycles. The lowest BCUT2D eigenvalue weighted by atomic mass is 9.68. The minimum Gasteiger partial charge on any atom is -0.458 e. The number of alkyl carbamates (subject to hydrolysis) is 1. The molecule has 3 saturated heterocycles. The second-order valence-electron chi connectivity index (χ2n) is 17.4. The van der Waals surface area contributed by atoms with Crippen molar-refractivity contribution in [1.82, 2.24) is 10.2 Å². The number of halogens is 3. The van der Waals surface area contributed by atoms with E-state index in [1.807, 2.05) is 34.9 Å². The van der Waals surface area contributed by atoms with Gasteiger partial charge in [0.25, 0.3) is 0 Å². The average molecular weight is 845 g/mol. The zero-order chi connectivity index (χ0) is 43.6. The van der Waals surface area contributed by atoms with Gasteiger partial charge in [0.2, 0.25) is 0 Å². The Hall–Kier alpha value is -3.77. The Balaban J connectivity index is 1.52. The molecule has 12 atom stereocenters. The molecule has 0 spiro atoms. The number of nitrogens with zero attached hydrogens (tertiary/aromatic N) is 1. The van der Waals surface area contributed by atoms with Gasteiger partial charge in [0.05, 0.1) is 34.3 Å². The van der Waals surface area contributed by atoms with Gasteiger partial charge in [0.15, 0.2) is 5.60 Å². The van der Waals surface area contributed by atoms with E-state index in [0.29, 0.717) is 28.2 Å². The molecule has 59 heavy (non-hydrogen) atoms. The molecule has 14 heteroatoms. The SMILES string of the molecule is CC[C@H]1OC(=O)[C@H](C)C(=O)[C@H](C)[C@@H](CC2C[C@@H](N(C)C)C[C@@H](C)O2)[C@@](C)(OCC#Cc2ccc(-c3cccc(C(F)(F)F)c3)s2)C[C@@H](C)C(=O)[C@H](C)C2NC(=O)O[C@@]21C. The van der Waals surface area contributed by atoms with Crippen LogP contribution in [-0.4, -0.2) is 90.8 Å². The number of fused-ring (bicyclic) bond motifs is 1. The van der Waals surface area contributed by atoms with Crippen molar-refractivity contribution in [1.29, 1.82) is 0 Å². The van der Waals surface area contributed by atoms with Gasteiger partial charge in [0.1, 0.15) is 30.2 Å². The number of cyclic esters (lactones) is 1. The van der Waals surface area contributed by atoms with Crippen LogP contribution in [0.4, 0.5) is 18.0 Å². The van der Waals surface area contributed by atoms with Crippen molar-refractivity contribution in [2.45, 2.75) is 135 Å². The normalized spacial score (nSPS) is 34.9. The highest BCUT2D eigenvalue weighted by molar-refractivity contribution is 7.16. The van der Waals surface area contributed by atoms with Gasteiger partial charge in [-0.25, -0.2) is 4.79 Å². The van der Waals surface area contributed by atoms with Crippen LogP contribution in [0.1, 0.15) is 97.9 Å². The number of Topliss-reactive ketones (excluding diaryl/α,β-unsaturated/α-hetero) is 2. The van der Waals surface area contributed by atoms with Gasteiger partial charge in [0, 0.05) is 28.7 Å². The molecule has 1 aromatic carbocycles. The molecule has 10 nitrogen and oxygen atoms in total. The maximum atomic E-state index is 14.5. The summed E-state index contributed by atoms with van der Waals surface area (Å²) in [4.78, 5) is 59.0. The fourth-order valence-electron chi connectivity index (χ4n) is 9.44. The first-order valence-corrected chi connectivity index (χ1v) is 21.4. The quantitative estimate of drug-likeness (QED) is 0.167. The Labute approximate surface area is 350 Å². The van der Waals surface area contributed by atoms with Crippen molar-refractivity contribution in [3.8, 4) is 22.3 Å². The minimum absolute atomic E-state index is 0.0466. The van der Waals surface area contributed by atoms with E-state index in [9.17, 15) is 32.3 Å². The molecule has 0 radical (unpaired) electrons.